The highest BCUT2D eigenvalue weighted by Gasteiger charge is 2.09. The minimum absolute atomic E-state index is 0.990. The van der Waals surface area contributed by atoms with Gasteiger partial charge in [-0.05, 0) is 91.4 Å². The highest BCUT2D eigenvalue weighted by Crippen LogP contribution is 2.21. The van der Waals surface area contributed by atoms with Crippen LogP contribution in [0.5, 0.6) is 0 Å². The standard InChI is InChI=1S/C20H19IN2/c1-14-5-4-6-19(11-14)22-13-17-12-15(2)23(16(17)3)20-9-7-18(21)8-10-20/h4-13H,1-3H3. The number of halogens is 1. The van der Waals surface area contributed by atoms with Crippen LogP contribution < -0.4 is 0 Å². The normalized spacial score (nSPS) is 11.3. The summed E-state index contributed by atoms with van der Waals surface area (Å²) in [7, 11) is 0. The molecular weight excluding hydrogens is 395 g/mol. The SMILES string of the molecule is Cc1cccc(N=Cc2cc(C)n(-c3ccc(I)cc3)c2C)c1. The molecule has 0 bridgehead atoms. The van der Waals surface area contributed by atoms with Crippen molar-refractivity contribution in [3.8, 4) is 5.69 Å². The van der Waals surface area contributed by atoms with Crippen LogP contribution in [-0.4, -0.2) is 10.8 Å². The molecule has 0 N–H and O–H groups in total. The quantitative estimate of drug-likeness (QED) is 0.383. The summed E-state index contributed by atoms with van der Waals surface area (Å²) in [5.41, 5.74) is 6.99. The van der Waals surface area contributed by atoms with Crippen molar-refractivity contribution in [1.29, 1.82) is 0 Å². The molecule has 3 rings (SSSR count). The van der Waals surface area contributed by atoms with E-state index in [1.54, 1.807) is 0 Å². The van der Waals surface area contributed by atoms with Crippen molar-refractivity contribution < 1.29 is 0 Å². The first-order chi connectivity index (χ1) is 11.0. The van der Waals surface area contributed by atoms with Crippen LogP contribution in [0.3, 0.4) is 0 Å². The van der Waals surface area contributed by atoms with Gasteiger partial charge in [0.25, 0.3) is 0 Å². The van der Waals surface area contributed by atoms with E-state index in [0.717, 1.165) is 11.3 Å². The van der Waals surface area contributed by atoms with Crippen LogP contribution in [-0.2, 0) is 0 Å². The van der Waals surface area contributed by atoms with Crippen molar-refractivity contribution >= 4 is 34.5 Å². The Bertz CT molecular complexity index is 858. The second kappa shape index (κ2) is 6.71. The van der Waals surface area contributed by atoms with E-state index in [1.807, 2.05) is 18.3 Å². The van der Waals surface area contributed by atoms with E-state index < -0.39 is 0 Å². The summed E-state index contributed by atoms with van der Waals surface area (Å²) >= 11 is 2.33. The molecule has 2 aromatic carbocycles. The molecule has 1 heterocycles. The van der Waals surface area contributed by atoms with Crippen molar-refractivity contribution in [2.24, 2.45) is 4.99 Å². The van der Waals surface area contributed by atoms with Crippen LogP contribution in [0.1, 0.15) is 22.5 Å². The minimum Gasteiger partial charge on any atom is -0.318 e. The molecule has 0 saturated heterocycles. The maximum Gasteiger partial charge on any atom is 0.0632 e. The van der Waals surface area contributed by atoms with Crippen LogP contribution in [0.15, 0.2) is 59.6 Å². The van der Waals surface area contributed by atoms with Gasteiger partial charge in [-0.25, -0.2) is 0 Å². The molecule has 0 atom stereocenters. The fraction of sp³-hybridized carbons (Fsp3) is 0.150. The van der Waals surface area contributed by atoms with Gasteiger partial charge in [-0.1, -0.05) is 12.1 Å². The molecule has 2 nitrogen and oxygen atoms in total. The number of hydrogen-bond donors (Lipinski definition) is 0. The summed E-state index contributed by atoms with van der Waals surface area (Å²) in [6.45, 7) is 6.36. The number of nitrogens with zero attached hydrogens (tertiary/aromatic N) is 2. The van der Waals surface area contributed by atoms with E-state index in [1.165, 1.54) is 26.2 Å². The molecule has 0 saturated carbocycles. The summed E-state index contributed by atoms with van der Waals surface area (Å²) in [4.78, 5) is 4.62. The lowest BCUT2D eigenvalue weighted by Crippen LogP contribution is -1.99. The summed E-state index contributed by atoms with van der Waals surface area (Å²) in [5.74, 6) is 0. The third kappa shape index (κ3) is 3.55. The van der Waals surface area contributed by atoms with Crippen LogP contribution >= 0.6 is 22.6 Å². The fourth-order valence-corrected chi connectivity index (χ4v) is 3.12. The fourth-order valence-electron chi connectivity index (χ4n) is 2.76. The molecule has 0 radical (unpaired) electrons. The van der Waals surface area contributed by atoms with Crippen molar-refractivity contribution in [2.75, 3.05) is 0 Å². The number of aryl methyl sites for hydroxylation is 2. The first-order valence-electron chi connectivity index (χ1n) is 7.60. The van der Waals surface area contributed by atoms with E-state index in [0.29, 0.717) is 0 Å². The molecule has 1 aromatic heterocycles. The molecular formula is C20H19IN2. The Hall–Kier alpha value is -1.88. The Morgan fingerprint density at radius 2 is 1.70 bits per heavy atom. The van der Waals surface area contributed by atoms with E-state index in [-0.39, 0.29) is 0 Å². The first kappa shape index (κ1) is 16.0. The smallest absolute Gasteiger partial charge is 0.0632 e. The Balaban J connectivity index is 1.96. The number of rotatable bonds is 3. The summed E-state index contributed by atoms with van der Waals surface area (Å²) in [5, 5.41) is 0. The average Bonchev–Trinajstić information content (AvgIpc) is 2.81. The lowest BCUT2D eigenvalue weighted by atomic mass is 10.2. The molecule has 3 aromatic rings. The second-order valence-electron chi connectivity index (χ2n) is 5.74. The number of aliphatic imine (C=N–C) groups is 1. The van der Waals surface area contributed by atoms with Crippen molar-refractivity contribution in [3.05, 3.63) is 80.7 Å². The second-order valence-corrected chi connectivity index (χ2v) is 6.98. The van der Waals surface area contributed by atoms with Crippen molar-refractivity contribution in [3.63, 3.8) is 0 Å². The van der Waals surface area contributed by atoms with Gasteiger partial charge in [-0.15, -0.1) is 0 Å². The minimum atomic E-state index is 0.990. The predicted octanol–water partition coefficient (Wildman–Crippen LogP) is 5.76. The Labute approximate surface area is 151 Å². The van der Waals surface area contributed by atoms with E-state index >= 15 is 0 Å². The molecule has 0 aliphatic carbocycles. The third-order valence-electron chi connectivity index (χ3n) is 3.91. The first-order valence-corrected chi connectivity index (χ1v) is 8.68. The Morgan fingerprint density at radius 1 is 0.957 bits per heavy atom. The van der Waals surface area contributed by atoms with Crippen LogP contribution in [0.4, 0.5) is 5.69 Å². The molecule has 23 heavy (non-hydrogen) atoms. The van der Waals surface area contributed by atoms with Gasteiger partial charge in [-0.2, -0.15) is 0 Å². The van der Waals surface area contributed by atoms with Crippen molar-refractivity contribution in [2.45, 2.75) is 20.8 Å². The molecule has 3 heteroatoms. The Kier molecular flexibility index (Phi) is 4.66. The highest BCUT2D eigenvalue weighted by molar-refractivity contribution is 14.1. The molecule has 0 unspecified atom stereocenters. The predicted molar refractivity (Wildman–Crippen MR) is 106 cm³/mol. The topological polar surface area (TPSA) is 17.3 Å². The lowest BCUT2D eigenvalue weighted by Gasteiger charge is -2.09. The number of benzene rings is 2. The van der Waals surface area contributed by atoms with Crippen molar-refractivity contribution in [1.82, 2.24) is 4.57 Å². The van der Waals surface area contributed by atoms with Gasteiger partial charge < -0.3 is 4.57 Å². The van der Waals surface area contributed by atoms with E-state index in [4.69, 9.17) is 0 Å². The van der Waals surface area contributed by atoms with Gasteiger partial charge >= 0.3 is 0 Å². The van der Waals surface area contributed by atoms with Crippen LogP contribution in [0.2, 0.25) is 0 Å². The molecule has 0 fully saturated rings. The monoisotopic (exact) mass is 414 g/mol. The van der Waals surface area contributed by atoms with Crippen LogP contribution in [0, 0.1) is 24.3 Å². The lowest BCUT2D eigenvalue weighted by molar-refractivity contribution is 0.964. The van der Waals surface area contributed by atoms with Gasteiger partial charge in [-0.3, -0.25) is 4.99 Å². The van der Waals surface area contributed by atoms with E-state index in [9.17, 15) is 0 Å². The summed E-state index contributed by atoms with van der Waals surface area (Å²) in [6, 6.07) is 19.0. The zero-order valence-corrected chi connectivity index (χ0v) is 15.7. The Morgan fingerprint density at radius 3 is 2.39 bits per heavy atom. The third-order valence-corrected chi connectivity index (χ3v) is 4.63. The maximum absolute atomic E-state index is 4.62. The maximum atomic E-state index is 4.62. The number of aromatic nitrogens is 1. The average molecular weight is 414 g/mol. The largest absolute Gasteiger partial charge is 0.318 e. The summed E-state index contributed by atoms with van der Waals surface area (Å²) < 4.78 is 3.52. The molecule has 116 valence electrons. The molecule has 0 aliphatic rings. The zero-order valence-electron chi connectivity index (χ0n) is 13.5. The number of hydrogen-bond acceptors (Lipinski definition) is 1. The van der Waals surface area contributed by atoms with Gasteiger partial charge in [0.15, 0.2) is 0 Å². The molecule has 0 aliphatic heterocycles. The van der Waals surface area contributed by atoms with Gasteiger partial charge in [0.05, 0.1) is 5.69 Å². The highest BCUT2D eigenvalue weighted by atomic mass is 127. The van der Waals surface area contributed by atoms with Gasteiger partial charge in [0.1, 0.15) is 0 Å². The van der Waals surface area contributed by atoms with Gasteiger partial charge in [0.2, 0.25) is 0 Å². The molecule has 0 amide bonds. The molecule has 0 spiro atoms. The zero-order chi connectivity index (χ0) is 16.4. The van der Waals surface area contributed by atoms with Crippen LogP contribution in [0.25, 0.3) is 5.69 Å². The summed E-state index contributed by atoms with van der Waals surface area (Å²) in [6.07, 6.45) is 1.96. The van der Waals surface area contributed by atoms with Gasteiger partial charge in [0, 0.05) is 32.4 Å². The van der Waals surface area contributed by atoms with E-state index in [2.05, 4.69) is 95.4 Å².